The van der Waals surface area contributed by atoms with Gasteiger partial charge < -0.3 is 33.9 Å². The number of aliphatic hydroxyl groups excluding tert-OH is 1. The van der Waals surface area contributed by atoms with Crippen molar-refractivity contribution in [3.63, 3.8) is 0 Å². The SMILES string of the molecule is CC1(C)C2CCC1(C)C(OC(=O)/C=C/c1ccc3c(c1)OCO3)C2.CC1(C)C2CCC1(C)C(OC(=O)/C=C/c1ccccc1)C2.Cc1ccc(C2CC(=O)c3c(O)cc(CO)cc3O2)cc1. The summed E-state index contributed by atoms with van der Waals surface area (Å²) in [6.45, 7) is 15.9. The van der Waals surface area contributed by atoms with Crippen molar-refractivity contribution in [2.75, 3.05) is 6.79 Å². The zero-order valence-electron chi connectivity index (χ0n) is 39.3. The van der Waals surface area contributed by atoms with E-state index >= 15 is 0 Å². The molecule has 2 heterocycles. The number of hydrogen-bond acceptors (Lipinski definition) is 10. The summed E-state index contributed by atoms with van der Waals surface area (Å²) in [5.41, 5.74) is 5.47. The molecule has 66 heavy (non-hydrogen) atoms. The van der Waals surface area contributed by atoms with Gasteiger partial charge >= 0.3 is 11.9 Å². The van der Waals surface area contributed by atoms with Crippen molar-refractivity contribution < 1.29 is 48.3 Å². The molecule has 2 N–H and O–H groups in total. The van der Waals surface area contributed by atoms with Gasteiger partial charge in [0.1, 0.15) is 35.4 Å². The number of rotatable bonds is 8. The summed E-state index contributed by atoms with van der Waals surface area (Å²) in [5, 5.41) is 19.1. The van der Waals surface area contributed by atoms with Crippen LogP contribution in [0.15, 0.2) is 97.1 Å². The first kappa shape index (κ1) is 46.7. The van der Waals surface area contributed by atoms with Crippen LogP contribution in [0.25, 0.3) is 12.2 Å². The van der Waals surface area contributed by atoms with Crippen molar-refractivity contribution >= 4 is 29.9 Å². The molecular formula is C56H64O10. The molecule has 4 bridgehead atoms. The monoisotopic (exact) mass is 896 g/mol. The van der Waals surface area contributed by atoms with Gasteiger partial charge in [0, 0.05) is 23.0 Å². The predicted octanol–water partition coefficient (Wildman–Crippen LogP) is 11.5. The normalized spacial score (nSPS) is 27.9. The number of fused-ring (bicyclic) bond motifs is 6. The molecule has 10 rings (SSSR count). The van der Waals surface area contributed by atoms with Crippen molar-refractivity contribution in [2.24, 2.45) is 33.5 Å². The average molecular weight is 897 g/mol. The number of aromatic hydroxyl groups is 1. The number of aryl methyl sites for hydroxylation is 1. The Morgan fingerprint density at radius 3 is 1.83 bits per heavy atom. The van der Waals surface area contributed by atoms with E-state index in [9.17, 15) is 24.6 Å². The van der Waals surface area contributed by atoms with Gasteiger partial charge in [0.2, 0.25) is 6.79 Å². The third kappa shape index (κ3) is 9.01. The number of ether oxygens (including phenoxy) is 5. The second kappa shape index (κ2) is 18.4. The van der Waals surface area contributed by atoms with E-state index in [-0.39, 0.29) is 88.8 Å². The fourth-order valence-corrected chi connectivity index (χ4v) is 11.4. The highest BCUT2D eigenvalue weighted by molar-refractivity contribution is 6.02. The van der Waals surface area contributed by atoms with Gasteiger partial charge in [0.15, 0.2) is 17.3 Å². The Bertz CT molecular complexity index is 2500. The Kier molecular flexibility index (Phi) is 13.0. The fraction of sp³-hybridized carbons (Fsp3) is 0.446. The Morgan fingerprint density at radius 1 is 0.712 bits per heavy atom. The Balaban J connectivity index is 0.000000135. The highest BCUT2D eigenvalue weighted by Crippen LogP contribution is 2.67. The van der Waals surface area contributed by atoms with E-state index in [1.165, 1.54) is 31.4 Å². The van der Waals surface area contributed by atoms with Crippen LogP contribution in [-0.2, 0) is 25.7 Å². The molecule has 4 saturated carbocycles. The van der Waals surface area contributed by atoms with E-state index < -0.39 is 0 Å². The summed E-state index contributed by atoms with van der Waals surface area (Å²) >= 11 is 0. The number of esters is 2. The van der Waals surface area contributed by atoms with Crippen LogP contribution in [-0.4, -0.2) is 46.9 Å². The summed E-state index contributed by atoms with van der Waals surface area (Å²) < 4.78 is 28.1. The number of phenolic OH excluding ortho intramolecular Hbond substituents is 1. The zero-order valence-corrected chi connectivity index (χ0v) is 39.3. The van der Waals surface area contributed by atoms with Gasteiger partial charge in [-0.25, -0.2) is 9.59 Å². The van der Waals surface area contributed by atoms with Crippen LogP contribution in [0.5, 0.6) is 23.0 Å². The summed E-state index contributed by atoms with van der Waals surface area (Å²) in [6, 6.07) is 26.3. The van der Waals surface area contributed by atoms with E-state index in [1.807, 2.05) is 85.8 Å². The zero-order chi connectivity index (χ0) is 47.0. The lowest BCUT2D eigenvalue weighted by Gasteiger charge is -2.38. The molecule has 4 aliphatic carbocycles. The van der Waals surface area contributed by atoms with Crippen LogP contribution in [0.1, 0.15) is 131 Å². The average Bonchev–Trinajstić information content (AvgIpc) is 4.01. The number of carbonyl (C=O) groups is 3. The van der Waals surface area contributed by atoms with Crippen molar-refractivity contribution in [3.05, 3.63) is 130 Å². The second-order valence-electron chi connectivity index (χ2n) is 20.6. The lowest BCUT2D eigenvalue weighted by molar-refractivity contribution is -0.151. The molecule has 4 aromatic rings. The third-order valence-corrected chi connectivity index (χ3v) is 16.7. The minimum atomic E-state index is -0.362. The number of benzene rings is 4. The van der Waals surface area contributed by atoms with Crippen LogP contribution >= 0.6 is 0 Å². The molecular weight excluding hydrogens is 833 g/mol. The third-order valence-electron chi connectivity index (χ3n) is 16.7. The van der Waals surface area contributed by atoms with Crippen molar-refractivity contribution in [1.82, 2.24) is 0 Å². The first-order valence-corrected chi connectivity index (χ1v) is 23.4. The largest absolute Gasteiger partial charge is 0.507 e. The minimum absolute atomic E-state index is 0.0279. The first-order valence-electron chi connectivity index (χ1n) is 23.4. The van der Waals surface area contributed by atoms with Gasteiger partial charge in [0.25, 0.3) is 0 Å². The van der Waals surface area contributed by atoms with E-state index in [0.29, 0.717) is 28.9 Å². The molecule has 0 aromatic heterocycles. The molecule has 0 saturated heterocycles. The van der Waals surface area contributed by atoms with Crippen LogP contribution in [0, 0.1) is 40.4 Å². The first-order chi connectivity index (χ1) is 31.4. The number of ketones is 1. The Hall–Kier alpha value is -5.87. The number of aliphatic hydroxyl groups is 1. The second-order valence-corrected chi connectivity index (χ2v) is 20.6. The summed E-state index contributed by atoms with van der Waals surface area (Å²) in [6.07, 6.45) is 13.5. The lowest BCUT2D eigenvalue weighted by Crippen LogP contribution is -2.38. The number of Topliss-reactive ketones (excluding diaryl/α,β-unsaturated/α-hetero) is 1. The van der Waals surface area contributed by atoms with Gasteiger partial charge in [-0.2, -0.15) is 0 Å². The molecule has 7 unspecified atom stereocenters. The smallest absolute Gasteiger partial charge is 0.331 e. The Morgan fingerprint density at radius 2 is 1.29 bits per heavy atom. The van der Waals surface area contributed by atoms with Crippen molar-refractivity contribution in [2.45, 2.75) is 118 Å². The van der Waals surface area contributed by atoms with Crippen LogP contribution in [0.3, 0.4) is 0 Å². The van der Waals surface area contributed by atoms with Gasteiger partial charge in [-0.3, -0.25) is 4.79 Å². The molecule has 2 aliphatic heterocycles. The van der Waals surface area contributed by atoms with E-state index in [0.717, 1.165) is 47.3 Å². The molecule has 4 aromatic carbocycles. The standard InChI is InChI=1S/C20H24O4.C19H24O2.C17H16O4/c1-19(2)14-8-9-20(19,3)17(11-14)24-18(21)7-5-13-4-6-15-16(10-13)23-12-22-15;1-18(2)15-11-12-19(18,3)16(13-15)21-17(20)10-9-14-7-5-4-6-8-14;1-10-2-4-12(5-3-10)15-8-14(20)17-13(19)6-11(9-18)7-16(17)21-15/h4-7,10,14,17H,8-9,11-12H2,1-3H3;4-10,15-16H,11-13H2,1-3H3;2-7,15,18-19H,8-9H2,1H3/b7-5+;10-9+;. The maximum Gasteiger partial charge on any atom is 0.331 e. The van der Waals surface area contributed by atoms with Crippen molar-refractivity contribution in [3.8, 4) is 23.0 Å². The van der Waals surface area contributed by atoms with Crippen LogP contribution < -0.4 is 14.2 Å². The van der Waals surface area contributed by atoms with Gasteiger partial charge in [0.05, 0.1) is 13.0 Å². The number of carbonyl (C=O) groups excluding carboxylic acids is 3. The molecule has 4 fully saturated rings. The molecule has 0 radical (unpaired) electrons. The predicted molar refractivity (Wildman–Crippen MR) is 253 cm³/mol. The molecule has 10 nitrogen and oxygen atoms in total. The van der Waals surface area contributed by atoms with E-state index in [1.54, 1.807) is 18.2 Å². The van der Waals surface area contributed by atoms with Crippen LogP contribution in [0.4, 0.5) is 0 Å². The van der Waals surface area contributed by atoms with E-state index in [2.05, 4.69) is 41.5 Å². The molecule has 0 spiro atoms. The van der Waals surface area contributed by atoms with Gasteiger partial charge in [-0.1, -0.05) is 108 Å². The van der Waals surface area contributed by atoms with Gasteiger partial charge in [-0.15, -0.1) is 0 Å². The summed E-state index contributed by atoms with van der Waals surface area (Å²) in [7, 11) is 0. The van der Waals surface area contributed by atoms with Crippen LogP contribution in [0.2, 0.25) is 0 Å². The van der Waals surface area contributed by atoms with Gasteiger partial charge in [-0.05, 0) is 127 Å². The van der Waals surface area contributed by atoms with Crippen molar-refractivity contribution in [1.29, 1.82) is 0 Å². The lowest BCUT2D eigenvalue weighted by atomic mass is 9.70. The summed E-state index contributed by atoms with van der Waals surface area (Å²) in [5.74, 6) is 2.39. The number of hydrogen-bond donors (Lipinski definition) is 2. The molecule has 348 valence electrons. The molecule has 0 amide bonds. The maximum absolute atomic E-state index is 12.3. The number of phenols is 1. The topological polar surface area (TPSA) is 138 Å². The summed E-state index contributed by atoms with van der Waals surface area (Å²) in [4.78, 5) is 36.6. The minimum Gasteiger partial charge on any atom is -0.507 e. The molecule has 10 heteroatoms. The highest BCUT2D eigenvalue weighted by atomic mass is 16.7. The Labute approximate surface area is 389 Å². The maximum atomic E-state index is 12.3. The quantitative estimate of drug-likeness (QED) is 0.130. The highest BCUT2D eigenvalue weighted by Gasteiger charge is 2.64. The van der Waals surface area contributed by atoms with E-state index in [4.69, 9.17) is 23.7 Å². The molecule has 7 atom stereocenters. The molecule has 6 aliphatic rings. The fourth-order valence-electron chi connectivity index (χ4n) is 11.4.